The largest absolute Gasteiger partial charge is 0.483 e. The van der Waals surface area contributed by atoms with Crippen LogP contribution in [0.1, 0.15) is 52.8 Å². The van der Waals surface area contributed by atoms with Crippen LogP contribution >= 0.6 is 0 Å². The number of aryl methyl sites for hydroxylation is 2. The number of esters is 1. The van der Waals surface area contributed by atoms with Gasteiger partial charge in [-0.1, -0.05) is 48.5 Å². The smallest absolute Gasteiger partial charge is 0.416 e. The van der Waals surface area contributed by atoms with Gasteiger partial charge in [0.25, 0.3) is 5.43 Å². The Balaban J connectivity index is 2.02. The summed E-state index contributed by atoms with van der Waals surface area (Å²) in [6, 6.07) is 13.8. The van der Waals surface area contributed by atoms with Crippen LogP contribution in [0, 0.1) is 0 Å². The number of hydrogen-bond acceptors (Lipinski definition) is 6. The topological polar surface area (TPSA) is 90.7 Å². The minimum absolute atomic E-state index is 0.00253. The van der Waals surface area contributed by atoms with Crippen molar-refractivity contribution in [1.29, 1.82) is 0 Å². The van der Waals surface area contributed by atoms with Crippen molar-refractivity contribution in [3.63, 3.8) is 0 Å². The van der Waals surface area contributed by atoms with Gasteiger partial charge >= 0.3 is 12.1 Å². The summed E-state index contributed by atoms with van der Waals surface area (Å²) in [6.45, 7) is 2.92. The Morgan fingerprint density at radius 2 is 1.80 bits per heavy atom. The fourth-order valence-corrected chi connectivity index (χ4v) is 3.48. The lowest BCUT2D eigenvalue weighted by Crippen LogP contribution is -2.29. The molecule has 3 rings (SSSR count). The number of benzene rings is 2. The molecule has 0 radical (unpaired) electrons. The van der Waals surface area contributed by atoms with Crippen molar-refractivity contribution >= 4 is 5.97 Å². The van der Waals surface area contributed by atoms with Crippen molar-refractivity contribution in [2.45, 2.75) is 45.7 Å². The van der Waals surface area contributed by atoms with Crippen LogP contribution in [0.2, 0.25) is 0 Å². The van der Waals surface area contributed by atoms with Gasteiger partial charge in [-0.3, -0.25) is 9.48 Å². The molecule has 186 valence electrons. The minimum Gasteiger partial charge on any atom is -0.483 e. The van der Waals surface area contributed by atoms with Crippen molar-refractivity contribution in [3.8, 4) is 5.75 Å². The molecule has 35 heavy (non-hydrogen) atoms. The average Bonchev–Trinajstić information content (AvgIpc) is 2.82. The first kappa shape index (κ1) is 26.0. The van der Waals surface area contributed by atoms with E-state index in [1.807, 2.05) is 6.07 Å². The van der Waals surface area contributed by atoms with Crippen LogP contribution in [0.15, 0.2) is 59.4 Å². The SMILES string of the molecule is CCOC(=O)c1nn(CCc2cccc(C(F)(F)F)c2)c(C(C)O)c(OCc2ccccc2)c1=O. The third-order valence-electron chi connectivity index (χ3n) is 5.11. The van der Waals surface area contributed by atoms with Crippen LogP contribution < -0.4 is 10.2 Å². The van der Waals surface area contributed by atoms with Gasteiger partial charge in [0.05, 0.1) is 18.3 Å². The van der Waals surface area contributed by atoms with Gasteiger partial charge < -0.3 is 14.6 Å². The summed E-state index contributed by atoms with van der Waals surface area (Å²) >= 11 is 0. The first-order valence-corrected chi connectivity index (χ1v) is 10.9. The Bertz CT molecular complexity index is 1220. The first-order chi connectivity index (χ1) is 16.6. The molecule has 0 aliphatic rings. The Morgan fingerprint density at radius 3 is 2.43 bits per heavy atom. The summed E-state index contributed by atoms with van der Waals surface area (Å²) in [5.74, 6) is -1.24. The number of aromatic nitrogens is 2. The molecule has 0 aliphatic heterocycles. The highest BCUT2D eigenvalue weighted by atomic mass is 19.4. The molecule has 1 heterocycles. The van der Waals surface area contributed by atoms with E-state index in [2.05, 4.69) is 5.10 Å². The fraction of sp³-hybridized carbons (Fsp3) is 0.320. The number of alkyl halides is 3. The van der Waals surface area contributed by atoms with Crippen molar-refractivity contribution in [1.82, 2.24) is 9.78 Å². The Labute approximate surface area is 199 Å². The van der Waals surface area contributed by atoms with E-state index in [0.29, 0.717) is 5.56 Å². The minimum atomic E-state index is -4.49. The van der Waals surface area contributed by atoms with E-state index in [1.165, 1.54) is 23.7 Å². The maximum atomic E-state index is 13.1. The Kier molecular flexibility index (Phi) is 8.29. The highest BCUT2D eigenvalue weighted by molar-refractivity contribution is 5.87. The van der Waals surface area contributed by atoms with E-state index in [9.17, 15) is 27.9 Å². The Morgan fingerprint density at radius 1 is 1.11 bits per heavy atom. The number of hydrogen-bond donors (Lipinski definition) is 1. The van der Waals surface area contributed by atoms with E-state index in [0.717, 1.165) is 17.7 Å². The zero-order valence-corrected chi connectivity index (χ0v) is 19.2. The second-order valence-corrected chi connectivity index (χ2v) is 7.73. The quantitative estimate of drug-likeness (QED) is 0.450. The molecule has 0 spiro atoms. The van der Waals surface area contributed by atoms with Crippen LogP contribution in [-0.4, -0.2) is 27.5 Å². The third-order valence-corrected chi connectivity index (χ3v) is 5.11. The van der Waals surface area contributed by atoms with Gasteiger partial charge in [0.15, 0.2) is 5.75 Å². The van der Waals surface area contributed by atoms with Gasteiger partial charge in [0.2, 0.25) is 5.69 Å². The number of aliphatic hydroxyl groups excluding tert-OH is 1. The molecule has 0 saturated carbocycles. The summed E-state index contributed by atoms with van der Waals surface area (Å²) < 4.78 is 51.2. The number of carbonyl (C=O) groups excluding carboxylic acids is 1. The molecule has 0 saturated heterocycles. The summed E-state index contributed by atoms with van der Waals surface area (Å²) in [6.07, 6.45) is -5.63. The molecular formula is C25H25F3N2O5. The molecule has 0 amide bonds. The highest BCUT2D eigenvalue weighted by Crippen LogP contribution is 2.30. The van der Waals surface area contributed by atoms with E-state index in [4.69, 9.17) is 9.47 Å². The number of halogens is 3. The normalized spacial score (nSPS) is 12.3. The molecular weight excluding hydrogens is 465 g/mol. The number of nitrogens with zero attached hydrogens (tertiary/aromatic N) is 2. The van der Waals surface area contributed by atoms with Crippen molar-refractivity contribution in [2.24, 2.45) is 0 Å². The van der Waals surface area contributed by atoms with Crippen LogP contribution in [0.3, 0.4) is 0 Å². The predicted molar refractivity (Wildman–Crippen MR) is 121 cm³/mol. The second-order valence-electron chi connectivity index (χ2n) is 7.73. The molecule has 7 nitrogen and oxygen atoms in total. The lowest BCUT2D eigenvalue weighted by molar-refractivity contribution is -0.137. The predicted octanol–water partition coefficient (Wildman–Crippen LogP) is 4.31. The molecule has 1 unspecified atom stereocenters. The average molecular weight is 490 g/mol. The van der Waals surface area contributed by atoms with Crippen LogP contribution in [0.5, 0.6) is 5.75 Å². The van der Waals surface area contributed by atoms with Crippen molar-refractivity contribution in [2.75, 3.05) is 6.61 Å². The lowest BCUT2D eigenvalue weighted by Gasteiger charge is -2.20. The van der Waals surface area contributed by atoms with E-state index >= 15 is 0 Å². The number of ether oxygens (including phenoxy) is 2. The lowest BCUT2D eigenvalue weighted by atomic mass is 10.1. The molecule has 3 aromatic rings. The van der Waals surface area contributed by atoms with Crippen molar-refractivity contribution < 1.29 is 32.5 Å². The fourth-order valence-electron chi connectivity index (χ4n) is 3.48. The third kappa shape index (κ3) is 6.48. The molecule has 1 N–H and O–H groups in total. The van der Waals surface area contributed by atoms with Gasteiger partial charge in [-0.05, 0) is 37.5 Å². The number of carbonyl (C=O) groups is 1. The molecule has 1 atom stereocenters. The van der Waals surface area contributed by atoms with E-state index in [-0.39, 0.29) is 37.6 Å². The molecule has 2 aromatic carbocycles. The first-order valence-electron chi connectivity index (χ1n) is 10.9. The zero-order chi connectivity index (χ0) is 25.6. The van der Waals surface area contributed by atoms with Gasteiger partial charge in [0.1, 0.15) is 12.3 Å². The summed E-state index contributed by atoms with van der Waals surface area (Å²) in [5.41, 5.74) is -1.06. The van der Waals surface area contributed by atoms with Crippen LogP contribution in [-0.2, 0) is 30.5 Å². The summed E-state index contributed by atoms with van der Waals surface area (Å²) in [4.78, 5) is 25.5. The Hall–Kier alpha value is -3.66. The molecule has 10 heteroatoms. The molecule has 0 fully saturated rings. The van der Waals surface area contributed by atoms with E-state index < -0.39 is 34.9 Å². The van der Waals surface area contributed by atoms with Crippen molar-refractivity contribution in [3.05, 3.63) is 92.9 Å². The van der Waals surface area contributed by atoms with Gasteiger partial charge in [-0.25, -0.2) is 4.79 Å². The number of aliphatic hydroxyl groups is 1. The second kappa shape index (κ2) is 11.2. The molecule has 0 aliphatic carbocycles. The van der Waals surface area contributed by atoms with Gasteiger partial charge in [0, 0.05) is 6.54 Å². The molecule has 0 bridgehead atoms. The van der Waals surface area contributed by atoms with Crippen LogP contribution in [0.4, 0.5) is 13.2 Å². The maximum absolute atomic E-state index is 13.1. The number of rotatable bonds is 9. The summed E-state index contributed by atoms with van der Waals surface area (Å²) in [5, 5.41) is 14.5. The zero-order valence-electron chi connectivity index (χ0n) is 19.2. The standard InChI is InChI=1S/C25H25F3N2O5/c1-3-34-24(33)20-22(32)23(35-15-18-8-5-4-6-9-18)21(16(2)31)30(29-20)13-12-17-10-7-11-19(14-17)25(26,27)28/h4-11,14,16,31H,3,12-13,15H2,1-2H3. The van der Waals surface area contributed by atoms with E-state index in [1.54, 1.807) is 31.2 Å². The van der Waals surface area contributed by atoms with Crippen LogP contribution in [0.25, 0.3) is 0 Å². The molecule has 1 aromatic heterocycles. The van der Waals surface area contributed by atoms with Gasteiger partial charge in [-0.2, -0.15) is 18.3 Å². The maximum Gasteiger partial charge on any atom is 0.416 e. The summed E-state index contributed by atoms with van der Waals surface area (Å²) in [7, 11) is 0. The highest BCUT2D eigenvalue weighted by Gasteiger charge is 2.30. The van der Waals surface area contributed by atoms with Gasteiger partial charge in [-0.15, -0.1) is 0 Å². The monoisotopic (exact) mass is 490 g/mol.